The molecule has 0 bridgehead atoms. The van der Waals surface area contributed by atoms with Crippen molar-refractivity contribution in [3.8, 4) is 0 Å². The minimum atomic E-state index is 0.836. The van der Waals surface area contributed by atoms with E-state index in [-0.39, 0.29) is 0 Å². The van der Waals surface area contributed by atoms with Crippen molar-refractivity contribution in [3.05, 3.63) is 0 Å². The Balaban J connectivity index is 1.89. The summed E-state index contributed by atoms with van der Waals surface area (Å²) in [5.41, 5.74) is 0. The van der Waals surface area contributed by atoms with Gasteiger partial charge >= 0.3 is 0 Å². The van der Waals surface area contributed by atoms with Gasteiger partial charge in [-0.2, -0.15) is 0 Å². The van der Waals surface area contributed by atoms with E-state index in [0.717, 1.165) is 29.7 Å². The maximum Gasteiger partial charge on any atom is 0.0124 e. The highest BCUT2D eigenvalue weighted by atomic mass is 14.9. The molecule has 0 spiro atoms. The van der Waals surface area contributed by atoms with Crippen molar-refractivity contribution in [3.63, 3.8) is 0 Å². The average molecular weight is 265 g/mol. The lowest BCUT2D eigenvalue weighted by molar-refractivity contribution is 0.175. The monoisotopic (exact) mass is 265 g/mol. The zero-order chi connectivity index (χ0) is 13.7. The molecule has 2 aliphatic rings. The summed E-state index contributed by atoms with van der Waals surface area (Å²) in [6.07, 6.45) is 13.1. The summed E-state index contributed by atoms with van der Waals surface area (Å²) in [4.78, 5) is 0. The van der Waals surface area contributed by atoms with Crippen molar-refractivity contribution in [1.82, 2.24) is 5.32 Å². The summed E-state index contributed by atoms with van der Waals surface area (Å²) in [5.74, 6) is 3.96. The average Bonchev–Trinajstić information content (AvgIpc) is 2.86. The van der Waals surface area contributed by atoms with Gasteiger partial charge in [-0.05, 0) is 62.3 Å². The van der Waals surface area contributed by atoms with E-state index in [2.05, 4.69) is 26.1 Å². The van der Waals surface area contributed by atoms with E-state index in [1.807, 2.05) is 0 Å². The van der Waals surface area contributed by atoms with Gasteiger partial charge in [-0.1, -0.05) is 46.5 Å². The van der Waals surface area contributed by atoms with E-state index in [9.17, 15) is 0 Å². The second kappa shape index (κ2) is 7.67. The molecule has 2 saturated carbocycles. The minimum absolute atomic E-state index is 0.836. The van der Waals surface area contributed by atoms with Gasteiger partial charge < -0.3 is 5.32 Å². The Morgan fingerprint density at radius 2 is 1.63 bits per heavy atom. The van der Waals surface area contributed by atoms with Gasteiger partial charge in [0, 0.05) is 6.04 Å². The molecule has 0 radical (unpaired) electrons. The van der Waals surface area contributed by atoms with Gasteiger partial charge in [0.05, 0.1) is 0 Å². The van der Waals surface area contributed by atoms with Crippen molar-refractivity contribution in [1.29, 1.82) is 0 Å². The highest BCUT2D eigenvalue weighted by Crippen LogP contribution is 2.40. The first kappa shape index (κ1) is 15.4. The third kappa shape index (κ3) is 4.21. The van der Waals surface area contributed by atoms with Crippen LogP contribution in [0.25, 0.3) is 0 Å². The van der Waals surface area contributed by atoms with Crippen LogP contribution in [0.1, 0.15) is 78.6 Å². The van der Waals surface area contributed by atoms with Crippen LogP contribution in [-0.4, -0.2) is 12.6 Å². The van der Waals surface area contributed by atoms with E-state index in [1.54, 1.807) is 0 Å². The molecule has 1 heteroatoms. The minimum Gasteiger partial charge on any atom is -0.313 e. The number of nitrogens with one attached hydrogen (secondary N) is 1. The quantitative estimate of drug-likeness (QED) is 0.712. The van der Waals surface area contributed by atoms with Crippen LogP contribution in [-0.2, 0) is 0 Å². The van der Waals surface area contributed by atoms with Crippen molar-refractivity contribution < 1.29 is 0 Å². The molecule has 3 atom stereocenters. The molecule has 19 heavy (non-hydrogen) atoms. The van der Waals surface area contributed by atoms with Gasteiger partial charge in [0.15, 0.2) is 0 Å². The van der Waals surface area contributed by atoms with Gasteiger partial charge in [0.1, 0.15) is 0 Å². The van der Waals surface area contributed by atoms with Crippen molar-refractivity contribution in [2.24, 2.45) is 23.7 Å². The SMILES string of the molecule is CCCNC(C1CCC(CC)CC1)C1CCC(C)C1. The Labute approximate surface area is 120 Å². The Bertz CT molecular complexity index is 242. The van der Waals surface area contributed by atoms with Gasteiger partial charge in [-0.3, -0.25) is 0 Å². The molecular formula is C18H35N. The zero-order valence-corrected chi connectivity index (χ0v) is 13.5. The number of hydrogen-bond donors (Lipinski definition) is 1. The molecule has 0 aromatic rings. The van der Waals surface area contributed by atoms with Crippen molar-refractivity contribution >= 4 is 0 Å². The van der Waals surface area contributed by atoms with Gasteiger partial charge in [-0.15, -0.1) is 0 Å². The normalized spacial score (nSPS) is 37.4. The van der Waals surface area contributed by atoms with Crippen LogP contribution in [0.4, 0.5) is 0 Å². The first-order chi connectivity index (χ1) is 9.24. The molecule has 0 amide bonds. The Morgan fingerprint density at radius 3 is 2.16 bits per heavy atom. The van der Waals surface area contributed by atoms with Gasteiger partial charge in [0.2, 0.25) is 0 Å². The van der Waals surface area contributed by atoms with Gasteiger partial charge in [-0.25, -0.2) is 0 Å². The van der Waals surface area contributed by atoms with E-state index < -0.39 is 0 Å². The predicted molar refractivity (Wildman–Crippen MR) is 84.3 cm³/mol. The van der Waals surface area contributed by atoms with Crippen LogP contribution in [0.5, 0.6) is 0 Å². The lowest BCUT2D eigenvalue weighted by atomic mass is 9.74. The molecule has 2 fully saturated rings. The summed E-state index contributed by atoms with van der Waals surface area (Å²) in [7, 11) is 0. The summed E-state index contributed by atoms with van der Waals surface area (Å²) in [6.45, 7) is 8.35. The Hall–Kier alpha value is -0.0400. The molecule has 1 nitrogen and oxygen atoms in total. The number of hydrogen-bond acceptors (Lipinski definition) is 1. The van der Waals surface area contributed by atoms with E-state index in [0.29, 0.717) is 0 Å². The molecule has 3 unspecified atom stereocenters. The maximum absolute atomic E-state index is 3.93. The van der Waals surface area contributed by atoms with E-state index in [4.69, 9.17) is 0 Å². The molecular weight excluding hydrogens is 230 g/mol. The van der Waals surface area contributed by atoms with Crippen LogP contribution >= 0.6 is 0 Å². The number of rotatable bonds is 6. The molecule has 0 aliphatic heterocycles. The lowest BCUT2D eigenvalue weighted by Crippen LogP contribution is -2.43. The van der Waals surface area contributed by atoms with Gasteiger partial charge in [0.25, 0.3) is 0 Å². The summed E-state index contributed by atoms with van der Waals surface area (Å²) in [6, 6.07) is 0.836. The van der Waals surface area contributed by atoms with Crippen LogP contribution in [0.3, 0.4) is 0 Å². The van der Waals surface area contributed by atoms with Crippen LogP contribution in [0.2, 0.25) is 0 Å². The van der Waals surface area contributed by atoms with Crippen molar-refractivity contribution in [2.75, 3.05) is 6.54 Å². The Morgan fingerprint density at radius 1 is 0.947 bits per heavy atom. The highest BCUT2D eigenvalue weighted by molar-refractivity contribution is 4.90. The van der Waals surface area contributed by atoms with E-state index in [1.165, 1.54) is 64.3 Å². The summed E-state index contributed by atoms with van der Waals surface area (Å²) >= 11 is 0. The fraction of sp³-hybridized carbons (Fsp3) is 1.00. The molecule has 0 aromatic heterocycles. The van der Waals surface area contributed by atoms with Crippen LogP contribution in [0.15, 0.2) is 0 Å². The second-order valence-electron chi connectivity index (χ2n) is 7.35. The molecule has 2 aliphatic carbocycles. The van der Waals surface area contributed by atoms with Crippen molar-refractivity contribution in [2.45, 2.75) is 84.6 Å². The third-order valence-electron chi connectivity index (χ3n) is 5.85. The predicted octanol–water partition coefficient (Wildman–Crippen LogP) is 5.01. The van der Waals surface area contributed by atoms with E-state index >= 15 is 0 Å². The lowest BCUT2D eigenvalue weighted by Gasteiger charge is -2.37. The fourth-order valence-corrected chi connectivity index (χ4v) is 4.56. The smallest absolute Gasteiger partial charge is 0.0124 e. The maximum atomic E-state index is 3.93. The topological polar surface area (TPSA) is 12.0 Å². The molecule has 2 rings (SSSR count). The summed E-state index contributed by atoms with van der Waals surface area (Å²) in [5, 5.41) is 3.93. The van der Waals surface area contributed by atoms with Crippen LogP contribution < -0.4 is 5.32 Å². The summed E-state index contributed by atoms with van der Waals surface area (Å²) < 4.78 is 0. The third-order valence-corrected chi connectivity index (χ3v) is 5.85. The Kier molecular flexibility index (Phi) is 6.19. The molecule has 1 N–H and O–H groups in total. The molecule has 112 valence electrons. The second-order valence-corrected chi connectivity index (χ2v) is 7.35. The fourth-order valence-electron chi connectivity index (χ4n) is 4.56. The molecule has 0 aromatic carbocycles. The standard InChI is InChI=1S/C18H35N/c1-4-12-19-18(17-9-6-14(3)13-17)16-10-7-15(5-2)8-11-16/h14-19H,4-13H2,1-3H3. The highest BCUT2D eigenvalue weighted by Gasteiger charge is 2.35. The molecule has 0 saturated heterocycles. The zero-order valence-electron chi connectivity index (χ0n) is 13.5. The molecule has 0 heterocycles. The first-order valence-corrected chi connectivity index (χ1v) is 8.97. The first-order valence-electron chi connectivity index (χ1n) is 8.97. The van der Waals surface area contributed by atoms with Crippen LogP contribution in [0, 0.1) is 23.7 Å². The largest absolute Gasteiger partial charge is 0.313 e.